The number of hydrogen-bond acceptors (Lipinski definition) is 5. The average Bonchev–Trinajstić information content (AvgIpc) is 3.49. The number of piperazine rings is 2. The van der Waals surface area contributed by atoms with Crippen molar-refractivity contribution in [2.75, 3.05) is 57.3 Å². The summed E-state index contributed by atoms with van der Waals surface area (Å²) in [6.07, 6.45) is 2.80. The number of aromatic nitrogens is 2. The van der Waals surface area contributed by atoms with Gasteiger partial charge < -0.3 is 14.7 Å². The van der Waals surface area contributed by atoms with E-state index in [0.29, 0.717) is 24.8 Å². The van der Waals surface area contributed by atoms with Crippen LogP contribution in [-0.4, -0.2) is 94.7 Å². The number of hydrogen-bond donors (Lipinski definition) is 0. The van der Waals surface area contributed by atoms with Crippen LogP contribution in [0, 0.1) is 13.8 Å². The molecule has 0 N–H and O–H groups in total. The number of carbonyl (C=O) groups is 2. The molecular weight excluding hydrogens is 452 g/mol. The summed E-state index contributed by atoms with van der Waals surface area (Å²) in [7, 11) is 0. The lowest BCUT2D eigenvalue weighted by Gasteiger charge is -2.37. The third-order valence-corrected chi connectivity index (χ3v) is 8.38. The van der Waals surface area contributed by atoms with E-state index in [2.05, 4.69) is 55.7 Å². The highest BCUT2D eigenvalue weighted by Gasteiger charge is 2.32. The largest absolute Gasteiger partial charge is 0.368 e. The Hall–Kier alpha value is -2.87. The summed E-state index contributed by atoms with van der Waals surface area (Å²) in [4.78, 5) is 35.3. The van der Waals surface area contributed by atoms with Crippen molar-refractivity contribution in [2.45, 2.75) is 59.5 Å². The van der Waals surface area contributed by atoms with Crippen molar-refractivity contribution < 1.29 is 9.59 Å². The highest BCUT2D eigenvalue weighted by atomic mass is 16.2. The maximum atomic E-state index is 13.4. The first kappa shape index (κ1) is 24.8. The van der Waals surface area contributed by atoms with Crippen LogP contribution in [-0.2, 0) is 24.2 Å². The van der Waals surface area contributed by atoms with Gasteiger partial charge in [-0.2, -0.15) is 5.10 Å². The molecule has 0 bridgehead atoms. The van der Waals surface area contributed by atoms with E-state index in [1.165, 1.54) is 16.8 Å². The Morgan fingerprint density at radius 3 is 2.31 bits per heavy atom. The van der Waals surface area contributed by atoms with Gasteiger partial charge in [0.05, 0.1) is 0 Å². The highest BCUT2D eigenvalue weighted by molar-refractivity contribution is 5.94. The molecule has 0 atom stereocenters. The van der Waals surface area contributed by atoms with Gasteiger partial charge in [-0.3, -0.25) is 19.2 Å². The van der Waals surface area contributed by atoms with Gasteiger partial charge in [-0.1, -0.05) is 12.1 Å². The molecular formula is C28H40N6O2. The predicted molar refractivity (Wildman–Crippen MR) is 142 cm³/mol. The fraction of sp³-hybridized carbons (Fsp3) is 0.607. The van der Waals surface area contributed by atoms with E-state index >= 15 is 0 Å². The molecule has 1 aliphatic carbocycles. The van der Waals surface area contributed by atoms with Crippen molar-refractivity contribution >= 4 is 17.5 Å². The molecule has 8 nitrogen and oxygen atoms in total. The Labute approximate surface area is 214 Å². The summed E-state index contributed by atoms with van der Waals surface area (Å²) in [5.41, 5.74) is 6.61. The summed E-state index contributed by atoms with van der Waals surface area (Å²) < 4.78 is 1.83. The van der Waals surface area contributed by atoms with Crippen LogP contribution in [0.2, 0.25) is 0 Å². The molecule has 5 rings (SSSR count). The van der Waals surface area contributed by atoms with Crippen molar-refractivity contribution in [3.8, 4) is 0 Å². The molecule has 2 aromatic rings. The van der Waals surface area contributed by atoms with E-state index in [0.717, 1.165) is 69.8 Å². The molecule has 8 heteroatoms. The Morgan fingerprint density at radius 2 is 1.61 bits per heavy atom. The minimum Gasteiger partial charge on any atom is -0.368 e. The molecule has 194 valence electrons. The maximum absolute atomic E-state index is 13.4. The zero-order valence-electron chi connectivity index (χ0n) is 22.3. The summed E-state index contributed by atoms with van der Waals surface area (Å²) in [6, 6.07) is 6.93. The first-order valence-corrected chi connectivity index (χ1v) is 13.5. The smallest absolute Gasteiger partial charge is 0.274 e. The summed E-state index contributed by atoms with van der Waals surface area (Å²) in [5.74, 6) is 0.127. The minimum atomic E-state index is 0.0323. The van der Waals surface area contributed by atoms with Crippen LogP contribution in [0.15, 0.2) is 18.2 Å². The van der Waals surface area contributed by atoms with Gasteiger partial charge in [0.1, 0.15) is 6.54 Å². The molecule has 36 heavy (non-hydrogen) atoms. The number of amides is 2. The maximum Gasteiger partial charge on any atom is 0.274 e. The second-order valence-electron chi connectivity index (χ2n) is 10.8. The van der Waals surface area contributed by atoms with Gasteiger partial charge in [-0.15, -0.1) is 0 Å². The standard InChI is InChI=1S/C28H40N6O2/c1-20(2)30-11-17-33(18-12-30)28(36)27-23-8-6-10-25(23)34(29-27)19-26(35)32-15-13-31(14-16-32)24-9-5-7-21(3)22(24)4/h5,7,9,20H,6,8,10-19H2,1-4H3. The van der Waals surface area contributed by atoms with Crippen LogP contribution < -0.4 is 4.90 Å². The molecule has 0 saturated carbocycles. The molecule has 1 aromatic heterocycles. The van der Waals surface area contributed by atoms with Gasteiger partial charge in [-0.05, 0) is 64.2 Å². The topological polar surface area (TPSA) is 64.9 Å². The lowest BCUT2D eigenvalue weighted by atomic mass is 10.1. The third-order valence-electron chi connectivity index (χ3n) is 8.38. The van der Waals surface area contributed by atoms with Gasteiger partial charge in [0.15, 0.2) is 5.69 Å². The first-order valence-electron chi connectivity index (χ1n) is 13.5. The molecule has 3 aliphatic rings. The van der Waals surface area contributed by atoms with Crippen molar-refractivity contribution in [1.82, 2.24) is 24.5 Å². The van der Waals surface area contributed by atoms with E-state index < -0.39 is 0 Å². The van der Waals surface area contributed by atoms with Crippen LogP contribution in [0.5, 0.6) is 0 Å². The van der Waals surface area contributed by atoms with Gasteiger partial charge >= 0.3 is 0 Å². The molecule has 2 aliphatic heterocycles. The number of carbonyl (C=O) groups excluding carboxylic acids is 2. The summed E-state index contributed by atoms with van der Waals surface area (Å²) in [5, 5.41) is 4.73. The van der Waals surface area contributed by atoms with E-state index in [9.17, 15) is 9.59 Å². The summed E-state index contributed by atoms with van der Waals surface area (Å²) in [6.45, 7) is 15.3. The molecule has 0 unspecified atom stereocenters. The Kier molecular flexibility index (Phi) is 7.06. The molecule has 0 spiro atoms. The van der Waals surface area contributed by atoms with E-state index in [4.69, 9.17) is 5.10 Å². The van der Waals surface area contributed by atoms with Gasteiger partial charge in [0, 0.05) is 75.3 Å². The fourth-order valence-corrected chi connectivity index (χ4v) is 5.91. The zero-order valence-corrected chi connectivity index (χ0v) is 22.3. The van der Waals surface area contributed by atoms with Crippen LogP contribution in [0.25, 0.3) is 0 Å². The average molecular weight is 493 g/mol. The Morgan fingerprint density at radius 1 is 0.917 bits per heavy atom. The van der Waals surface area contributed by atoms with Crippen molar-refractivity contribution in [3.63, 3.8) is 0 Å². The van der Waals surface area contributed by atoms with Crippen LogP contribution in [0.4, 0.5) is 5.69 Å². The van der Waals surface area contributed by atoms with Gasteiger partial charge in [0.2, 0.25) is 5.91 Å². The number of fused-ring (bicyclic) bond motifs is 1. The fourth-order valence-electron chi connectivity index (χ4n) is 5.91. The number of aryl methyl sites for hydroxylation is 1. The van der Waals surface area contributed by atoms with Gasteiger partial charge in [-0.25, -0.2) is 0 Å². The number of anilines is 1. The van der Waals surface area contributed by atoms with Crippen molar-refractivity contribution in [2.24, 2.45) is 0 Å². The lowest BCUT2D eigenvalue weighted by Crippen LogP contribution is -2.51. The molecule has 2 saturated heterocycles. The quantitative estimate of drug-likeness (QED) is 0.642. The number of benzene rings is 1. The highest BCUT2D eigenvalue weighted by Crippen LogP contribution is 2.27. The minimum absolute atomic E-state index is 0.0323. The lowest BCUT2D eigenvalue weighted by molar-refractivity contribution is -0.132. The molecule has 1 aromatic carbocycles. The van der Waals surface area contributed by atoms with Gasteiger partial charge in [0.25, 0.3) is 5.91 Å². The van der Waals surface area contributed by atoms with E-state index in [-0.39, 0.29) is 18.4 Å². The second-order valence-corrected chi connectivity index (χ2v) is 10.8. The molecule has 2 fully saturated rings. The number of rotatable bonds is 5. The second kappa shape index (κ2) is 10.2. The van der Waals surface area contributed by atoms with Crippen molar-refractivity contribution in [1.29, 1.82) is 0 Å². The van der Waals surface area contributed by atoms with Crippen molar-refractivity contribution in [3.05, 3.63) is 46.3 Å². The SMILES string of the molecule is Cc1cccc(N2CCN(C(=O)Cn3nc(C(=O)N4CCN(C(C)C)CC4)c4c3CCC4)CC2)c1C. The summed E-state index contributed by atoms with van der Waals surface area (Å²) >= 11 is 0. The molecule has 3 heterocycles. The van der Waals surface area contributed by atoms with Crippen LogP contribution in [0.1, 0.15) is 53.1 Å². The molecule has 0 radical (unpaired) electrons. The normalized spacial score (nSPS) is 18.8. The predicted octanol–water partition coefficient (Wildman–Crippen LogP) is 2.50. The van der Waals surface area contributed by atoms with E-state index in [1.807, 2.05) is 14.5 Å². The monoisotopic (exact) mass is 492 g/mol. The Bertz CT molecular complexity index is 1120. The Balaban J connectivity index is 1.23. The van der Waals surface area contributed by atoms with Crippen LogP contribution >= 0.6 is 0 Å². The number of nitrogens with zero attached hydrogens (tertiary/aromatic N) is 6. The van der Waals surface area contributed by atoms with E-state index in [1.54, 1.807) is 0 Å². The van der Waals surface area contributed by atoms with Crippen LogP contribution in [0.3, 0.4) is 0 Å². The molecule has 2 amide bonds. The zero-order chi connectivity index (χ0) is 25.4. The first-order chi connectivity index (χ1) is 17.3. The third kappa shape index (κ3) is 4.75.